The van der Waals surface area contributed by atoms with Crippen LogP contribution < -0.4 is 0 Å². The van der Waals surface area contributed by atoms with Crippen molar-refractivity contribution in [2.75, 3.05) is 0 Å². The average Bonchev–Trinajstić information content (AvgIpc) is 2.79. The monoisotopic (exact) mass is 565 g/mol. The van der Waals surface area contributed by atoms with Gasteiger partial charge in [0.05, 0.1) is 22.6 Å². The third-order valence-electron chi connectivity index (χ3n) is 5.47. The molecular weight excluding hydrogens is 549 g/mol. The molecule has 1 aliphatic heterocycles. The van der Waals surface area contributed by atoms with Gasteiger partial charge in [-0.25, -0.2) is 13.2 Å². The summed E-state index contributed by atoms with van der Waals surface area (Å²) in [5.41, 5.74) is 1.24. The second-order valence-corrected chi connectivity index (χ2v) is 11.1. The number of carboxylic acids is 1. The number of hydrogen-bond donors (Lipinski definition) is 1. The van der Waals surface area contributed by atoms with Crippen LogP contribution in [0.1, 0.15) is 29.6 Å². The van der Waals surface area contributed by atoms with Crippen LogP contribution >= 0.6 is 39.1 Å². The fraction of sp³-hybridized carbons (Fsp3) is 0.125. The SMILES string of the molecule is O=C(O)C1=CC[C@@H](c2ccc(Cl)cc2)N(S(=O)(=O)c2ccc(Cl)cc2)[C@H]1c1cccc(Br)c1. The summed E-state index contributed by atoms with van der Waals surface area (Å²) in [6.07, 6.45) is 1.79. The number of sulfonamides is 1. The van der Waals surface area contributed by atoms with Crippen molar-refractivity contribution in [1.82, 2.24) is 4.31 Å². The molecule has 0 unspecified atom stereocenters. The van der Waals surface area contributed by atoms with E-state index >= 15 is 0 Å². The quantitative estimate of drug-likeness (QED) is 0.375. The van der Waals surface area contributed by atoms with E-state index in [1.807, 2.05) is 0 Å². The van der Waals surface area contributed by atoms with Gasteiger partial charge in [-0.2, -0.15) is 4.31 Å². The van der Waals surface area contributed by atoms with E-state index < -0.39 is 28.1 Å². The van der Waals surface area contributed by atoms with Gasteiger partial charge >= 0.3 is 5.97 Å². The first-order valence-electron chi connectivity index (χ1n) is 9.92. The second kappa shape index (κ2) is 9.60. The zero-order valence-corrected chi connectivity index (χ0v) is 20.9. The minimum atomic E-state index is -4.14. The van der Waals surface area contributed by atoms with Gasteiger partial charge in [-0.3, -0.25) is 0 Å². The van der Waals surface area contributed by atoms with E-state index in [1.165, 1.54) is 28.6 Å². The lowest BCUT2D eigenvalue weighted by atomic mass is 9.89. The molecule has 1 heterocycles. The van der Waals surface area contributed by atoms with Gasteiger partial charge in [0, 0.05) is 14.5 Å². The smallest absolute Gasteiger partial charge is 0.333 e. The third-order valence-corrected chi connectivity index (χ3v) is 8.36. The molecule has 0 radical (unpaired) electrons. The summed E-state index contributed by atoms with van der Waals surface area (Å²) in [7, 11) is -4.14. The highest BCUT2D eigenvalue weighted by molar-refractivity contribution is 9.10. The Morgan fingerprint density at radius 3 is 2.12 bits per heavy atom. The van der Waals surface area contributed by atoms with Crippen molar-refractivity contribution in [2.45, 2.75) is 23.4 Å². The summed E-state index contributed by atoms with van der Waals surface area (Å²) < 4.78 is 30.0. The molecule has 4 rings (SSSR count). The van der Waals surface area contributed by atoms with Crippen molar-refractivity contribution >= 4 is 55.1 Å². The Hall–Kier alpha value is -2.16. The van der Waals surface area contributed by atoms with Crippen LogP contribution in [0.3, 0.4) is 0 Å². The fourth-order valence-electron chi connectivity index (χ4n) is 3.98. The Balaban J connectivity index is 1.97. The molecule has 0 saturated heterocycles. The predicted molar refractivity (Wildman–Crippen MR) is 132 cm³/mol. The van der Waals surface area contributed by atoms with Crippen molar-refractivity contribution < 1.29 is 18.3 Å². The zero-order valence-electron chi connectivity index (χ0n) is 17.0. The van der Waals surface area contributed by atoms with Crippen molar-refractivity contribution in [1.29, 1.82) is 0 Å². The van der Waals surface area contributed by atoms with Crippen molar-refractivity contribution in [3.63, 3.8) is 0 Å². The molecule has 0 saturated carbocycles. The van der Waals surface area contributed by atoms with E-state index in [0.717, 1.165) is 0 Å². The normalized spacial score (nSPS) is 19.2. The van der Waals surface area contributed by atoms with E-state index in [2.05, 4.69) is 15.9 Å². The molecule has 3 aromatic rings. The summed E-state index contributed by atoms with van der Waals surface area (Å²) in [5, 5.41) is 10.9. The average molecular weight is 567 g/mol. The number of benzene rings is 3. The van der Waals surface area contributed by atoms with Crippen molar-refractivity contribution in [3.8, 4) is 0 Å². The van der Waals surface area contributed by atoms with E-state index in [4.69, 9.17) is 23.2 Å². The van der Waals surface area contributed by atoms with Gasteiger partial charge in [0.2, 0.25) is 10.0 Å². The minimum Gasteiger partial charge on any atom is -0.478 e. The van der Waals surface area contributed by atoms with Crippen molar-refractivity contribution in [3.05, 3.63) is 110 Å². The maximum absolute atomic E-state index is 14.0. The highest BCUT2D eigenvalue weighted by atomic mass is 79.9. The Kier molecular flexibility index (Phi) is 6.98. The van der Waals surface area contributed by atoms with E-state index in [0.29, 0.717) is 25.6 Å². The summed E-state index contributed by atoms with van der Waals surface area (Å²) in [6, 6.07) is 18.0. The summed E-state index contributed by atoms with van der Waals surface area (Å²) in [4.78, 5) is 12.3. The van der Waals surface area contributed by atoms with Gasteiger partial charge in [-0.05, 0) is 66.1 Å². The Labute approximate surface area is 210 Å². The van der Waals surface area contributed by atoms with Gasteiger partial charge in [-0.1, -0.05) is 69.5 Å². The van der Waals surface area contributed by atoms with Gasteiger partial charge in [0.1, 0.15) is 0 Å². The van der Waals surface area contributed by atoms with E-state index in [9.17, 15) is 18.3 Å². The molecule has 1 aliphatic rings. The molecule has 0 aromatic heterocycles. The molecule has 0 spiro atoms. The molecule has 2 atom stereocenters. The molecule has 0 aliphatic carbocycles. The number of carbonyl (C=O) groups is 1. The van der Waals surface area contributed by atoms with Crippen LogP contribution in [0.5, 0.6) is 0 Å². The van der Waals surface area contributed by atoms with Crippen LogP contribution in [0.25, 0.3) is 0 Å². The molecule has 3 aromatic carbocycles. The first-order chi connectivity index (χ1) is 15.7. The van der Waals surface area contributed by atoms with Crippen LogP contribution in [-0.2, 0) is 14.8 Å². The lowest BCUT2D eigenvalue weighted by molar-refractivity contribution is -0.133. The van der Waals surface area contributed by atoms with Crippen LogP contribution in [0.2, 0.25) is 10.0 Å². The molecule has 33 heavy (non-hydrogen) atoms. The molecule has 5 nitrogen and oxygen atoms in total. The van der Waals surface area contributed by atoms with Gasteiger partial charge in [-0.15, -0.1) is 0 Å². The number of halogens is 3. The minimum absolute atomic E-state index is 0.00384. The van der Waals surface area contributed by atoms with Crippen LogP contribution in [0, 0.1) is 0 Å². The molecule has 0 fully saturated rings. The summed E-state index contributed by atoms with van der Waals surface area (Å²) in [5.74, 6) is -1.18. The Bertz CT molecular complexity index is 1330. The third kappa shape index (κ3) is 4.88. The zero-order chi connectivity index (χ0) is 23.8. The van der Waals surface area contributed by atoms with Crippen LogP contribution in [0.15, 0.2) is 93.8 Å². The molecule has 0 bridgehead atoms. The topological polar surface area (TPSA) is 74.7 Å². The van der Waals surface area contributed by atoms with Gasteiger partial charge in [0.25, 0.3) is 0 Å². The number of aliphatic carboxylic acids is 1. The maximum Gasteiger partial charge on any atom is 0.333 e. The standard InChI is InChI=1S/C24H18BrCl2NO4S/c25-17-3-1-2-16(14-17)23-21(24(29)30)12-13-22(15-4-6-18(26)7-5-15)28(23)33(31,32)20-10-8-19(27)9-11-20/h1-12,14,22-23H,13H2,(H,29,30)/t22-,23-/m0/s1. The molecular formula is C24H18BrCl2NO4S. The molecule has 0 amide bonds. The molecule has 9 heteroatoms. The number of rotatable bonds is 5. The van der Waals surface area contributed by atoms with E-state index in [-0.39, 0.29) is 16.9 Å². The Morgan fingerprint density at radius 1 is 0.939 bits per heavy atom. The van der Waals surface area contributed by atoms with Crippen molar-refractivity contribution in [2.24, 2.45) is 0 Å². The first-order valence-corrected chi connectivity index (χ1v) is 12.9. The fourth-order valence-corrected chi connectivity index (χ4v) is 6.43. The van der Waals surface area contributed by atoms with Crippen LogP contribution in [0.4, 0.5) is 0 Å². The maximum atomic E-state index is 14.0. The highest BCUT2D eigenvalue weighted by Crippen LogP contribution is 2.46. The lowest BCUT2D eigenvalue weighted by Gasteiger charge is -2.40. The molecule has 1 N–H and O–H groups in total. The number of hydrogen-bond acceptors (Lipinski definition) is 3. The summed E-state index contributed by atoms with van der Waals surface area (Å²) in [6.45, 7) is 0. The first kappa shape index (κ1) is 24.0. The van der Waals surface area contributed by atoms with Crippen LogP contribution in [-0.4, -0.2) is 23.8 Å². The lowest BCUT2D eigenvalue weighted by Crippen LogP contribution is -2.42. The Morgan fingerprint density at radius 2 is 1.55 bits per heavy atom. The van der Waals surface area contributed by atoms with Gasteiger partial charge < -0.3 is 5.11 Å². The van der Waals surface area contributed by atoms with Gasteiger partial charge in [0.15, 0.2) is 0 Å². The number of carboxylic acid groups (broad SMARTS) is 1. The summed E-state index contributed by atoms with van der Waals surface area (Å²) >= 11 is 15.4. The molecule has 170 valence electrons. The predicted octanol–water partition coefficient (Wildman–Crippen LogP) is 6.64. The largest absolute Gasteiger partial charge is 0.478 e. The highest BCUT2D eigenvalue weighted by Gasteiger charge is 2.44. The number of nitrogens with zero attached hydrogens (tertiary/aromatic N) is 1. The van der Waals surface area contributed by atoms with E-state index in [1.54, 1.807) is 54.6 Å². The second-order valence-electron chi connectivity index (χ2n) is 7.51.